The van der Waals surface area contributed by atoms with Crippen molar-refractivity contribution in [1.29, 1.82) is 0 Å². The second-order valence-corrected chi connectivity index (χ2v) is 18.0. The van der Waals surface area contributed by atoms with Gasteiger partial charge in [0.15, 0.2) is 0 Å². The van der Waals surface area contributed by atoms with Crippen molar-refractivity contribution in [3.63, 3.8) is 0 Å². The van der Waals surface area contributed by atoms with Crippen LogP contribution < -0.4 is 0 Å². The first-order valence-electron chi connectivity index (χ1n) is 23.8. The standard InChI is InChI=1S/C47H87O12P/c1-3-5-7-9-11-13-15-16-17-18-19-20-21-22-23-24-25-27-29-31-33-35-37-56-38-40(58-41(48)36-34-32-30-28-26-14-12-10-8-6-4-2)39-57-60(54,55)59-47-45(52)43(50)42(49)44(51)46(47)53/h10,12,15-16,18-19,40,42-47,49-53H,3-9,11,13-14,17,20-39H2,1-2H3,(H,54,55)/b12-10-,16-15-,19-18-. The van der Waals surface area contributed by atoms with Crippen LogP contribution in [-0.2, 0) is 27.9 Å². The molecule has 6 unspecified atom stereocenters. The van der Waals surface area contributed by atoms with Gasteiger partial charge in [0.1, 0.15) is 42.7 Å². The molecule has 1 aliphatic rings. The summed E-state index contributed by atoms with van der Waals surface area (Å²) in [5.74, 6) is -0.489. The highest BCUT2D eigenvalue weighted by Gasteiger charge is 2.51. The zero-order chi connectivity index (χ0) is 44.1. The Kier molecular flexibility index (Phi) is 35.9. The molecule has 0 aromatic heterocycles. The maximum absolute atomic E-state index is 12.8. The molecule has 0 aromatic carbocycles. The quantitative estimate of drug-likeness (QED) is 0.0148. The minimum Gasteiger partial charge on any atom is -0.457 e. The molecule has 0 saturated heterocycles. The average molecular weight is 875 g/mol. The highest BCUT2D eigenvalue weighted by molar-refractivity contribution is 7.47. The van der Waals surface area contributed by atoms with Gasteiger partial charge >= 0.3 is 13.8 Å². The van der Waals surface area contributed by atoms with Crippen molar-refractivity contribution in [2.75, 3.05) is 19.8 Å². The summed E-state index contributed by atoms with van der Waals surface area (Å²) in [5, 5.41) is 50.1. The lowest BCUT2D eigenvalue weighted by atomic mass is 9.85. The topological polar surface area (TPSA) is 192 Å². The van der Waals surface area contributed by atoms with Gasteiger partial charge in [0, 0.05) is 13.0 Å². The zero-order valence-corrected chi connectivity index (χ0v) is 38.4. The fraction of sp³-hybridized carbons (Fsp3) is 0.851. The molecule has 0 heterocycles. The van der Waals surface area contributed by atoms with E-state index in [0.717, 1.165) is 70.6 Å². The summed E-state index contributed by atoms with van der Waals surface area (Å²) in [6, 6.07) is 0. The van der Waals surface area contributed by atoms with E-state index in [1.807, 2.05) is 0 Å². The summed E-state index contributed by atoms with van der Waals surface area (Å²) in [7, 11) is -5.02. The summed E-state index contributed by atoms with van der Waals surface area (Å²) >= 11 is 0. The van der Waals surface area contributed by atoms with E-state index in [1.54, 1.807) is 0 Å². The lowest BCUT2D eigenvalue weighted by molar-refractivity contribution is -0.220. The Morgan fingerprint density at radius 3 is 1.47 bits per heavy atom. The van der Waals surface area contributed by atoms with Gasteiger partial charge in [0.05, 0.1) is 13.2 Å². The minimum absolute atomic E-state index is 0.0814. The van der Waals surface area contributed by atoms with Gasteiger partial charge in [0.25, 0.3) is 0 Å². The van der Waals surface area contributed by atoms with E-state index in [-0.39, 0.29) is 13.0 Å². The van der Waals surface area contributed by atoms with E-state index in [2.05, 4.69) is 50.3 Å². The van der Waals surface area contributed by atoms with Crippen LogP contribution in [0.3, 0.4) is 0 Å². The number of esters is 1. The van der Waals surface area contributed by atoms with Crippen molar-refractivity contribution < 1.29 is 58.3 Å². The highest BCUT2D eigenvalue weighted by atomic mass is 31.2. The van der Waals surface area contributed by atoms with Crippen molar-refractivity contribution in [3.8, 4) is 0 Å². The number of rotatable bonds is 40. The van der Waals surface area contributed by atoms with Gasteiger partial charge in [0.2, 0.25) is 0 Å². The summed E-state index contributed by atoms with van der Waals surface area (Å²) in [6.07, 6.45) is 32.2. The molecule has 1 fully saturated rings. The van der Waals surface area contributed by atoms with Crippen LogP contribution in [0.4, 0.5) is 0 Å². The number of phosphoric ester groups is 1. The molecule has 6 atom stereocenters. The van der Waals surface area contributed by atoms with Crippen LogP contribution >= 0.6 is 7.82 Å². The van der Waals surface area contributed by atoms with E-state index in [1.165, 1.54) is 96.3 Å². The smallest absolute Gasteiger partial charge is 0.457 e. The second kappa shape index (κ2) is 38.1. The molecule has 1 saturated carbocycles. The first-order chi connectivity index (χ1) is 29.0. The zero-order valence-electron chi connectivity index (χ0n) is 37.5. The minimum atomic E-state index is -5.02. The Morgan fingerprint density at radius 1 is 0.533 bits per heavy atom. The Hall–Kier alpha value is -1.44. The van der Waals surface area contributed by atoms with Crippen molar-refractivity contribution in [3.05, 3.63) is 36.5 Å². The molecule has 352 valence electrons. The van der Waals surface area contributed by atoms with E-state index in [0.29, 0.717) is 13.0 Å². The molecule has 0 radical (unpaired) electrons. The Balaban J connectivity index is 2.33. The highest BCUT2D eigenvalue weighted by Crippen LogP contribution is 2.47. The predicted molar refractivity (Wildman–Crippen MR) is 239 cm³/mol. The summed E-state index contributed by atoms with van der Waals surface area (Å²) in [4.78, 5) is 23.1. The average Bonchev–Trinajstić information content (AvgIpc) is 3.23. The number of aliphatic hydroxyl groups is 5. The van der Waals surface area contributed by atoms with E-state index < -0.39 is 63.1 Å². The van der Waals surface area contributed by atoms with Crippen LogP contribution in [0.1, 0.15) is 194 Å². The third-order valence-electron chi connectivity index (χ3n) is 11.0. The number of carbonyl (C=O) groups excluding carboxylic acids is 1. The van der Waals surface area contributed by atoms with E-state index in [4.69, 9.17) is 18.5 Å². The maximum atomic E-state index is 12.8. The molecule has 60 heavy (non-hydrogen) atoms. The molecule has 0 aliphatic heterocycles. The molecule has 0 amide bonds. The fourth-order valence-electron chi connectivity index (χ4n) is 7.13. The van der Waals surface area contributed by atoms with Gasteiger partial charge in [-0.15, -0.1) is 0 Å². The van der Waals surface area contributed by atoms with Crippen LogP contribution in [0.2, 0.25) is 0 Å². The molecule has 0 bridgehead atoms. The van der Waals surface area contributed by atoms with Crippen LogP contribution in [0, 0.1) is 0 Å². The number of phosphoric acid groups is 1. The SMILES string of the molecule is CCCC/C=C\CCCCCCCC(=O)OC(COCCCCCCCCCCCC/C=C\C/C=C\CCCCCCC)COP(=O)(O)OC1C(O)C(O)C(O)C(O)C1O. The van der Waals surface area contributed by atoms with Crippen molar-refractivity contribution in [2.24, 2.45) is 0 Å². The van der Waals surface area contributed by atoms with Gasteiger partial charge in [-0.25, -0.2) is 4.57 Å². The predicted octanol–water partition coefficient (Wildman–Crippen LogP) is 9.87. The van der Waals surface area contributed by atoms with Crippen molar-refractivity contribution in [1.82, 2.24) is 0 Å². The molecule has 13 heteroatoms. The van der Waals surface area contributed by atoms with Crippen molar-refractivity contribution in [2.45, 2.75) is 236 Å². The fourth-order valence-corrected chi connectivity index (χ4v) is 8.10. The number of aliphatic hydroxyl groups excluding tert-OH is 5. The van der Waals surface area contributed by atoms with Gasteiger partial charge in [-0.1, -0.05) is 159 Å². The molecule has 0 spiro atoms. The van der Waals surface area contributed by atoms with E-state index in [9.17, 15) is 39.8 Å². The third kappa shape index (κ3) is 29.8. The number of hydrogen-bond acceptors (Lipinski definition) is 11. The monoisotopic (exact) mass is 875 g/mol. The number of hydrogen-bond donors (Lipinski definition) is 6. The summed E-state index contributed by atoms with van der Waals surface area (Å²) < 4.78 is 34.1. The molecule has 0 aromatic rings. The number of allylic oxidation sites excluding steroid dienone is 6. The molecule has 6 N–H and O–H groups in total. The Labute approximate surface area is 363 Å². The first-order valence-corrected chi connectivity index (χ1v) is 25.3. The molecule has 12 nitrogen and oxygen atoms in total. The van der Waals surface area contributed by atoms with Gasteiger partial charge in [-0.3, -0.25) is 13.8 Å². The Bertz CT molecular complexity index is 1130. The first kappa shape index (κ1) is 56.6. The molecular weight excluding hydrogens is 787 g/mol. The normalized spacial score (nSPS) is 22.6. The lowest BCUT2D eigenvalue weighted by Crippen LogP contribution is -2.64. The maximum Gasteiger partial charge on any atom is 0.472 e. The van der Waals surface area contributed by atoms with Gasteiger partial charge < -0.3 is 39.9 Å². The van der Waals surface area contributed by atoms with Crippen LogP contribution in [-0.4, -0.2) is 98.9 Å². The van der Waals surface area contributed by atoms with Crippen molar-refractivity contribution >= 4 is 13.8 Å². The van der Waals surface area contributed by atoms with Crippen LogP contribution in [0.25, 0.3) is 0 Å². The van der Waals surface area contributed by atoms with Crippen LogP contribution in [0.15, 0.2) is 36.5 Å². The van der Waals surface area contributed by atoms with Gasteiger partial charge in [-0.2, -0.15) is 0 Å². The van der Waals surface area contributed by atoms with Crippen LogP contribution in [0.5, 0.6) is 0 Å². The molecular formula is C47H87O12P. The summed E-state index contributed by atoms with van der Waals surface area (Å²) in [6.45, 7) is 4.19. The largest absolute Gasteiger partial charge is 0.472 e. The molecule has 1 rings (SSSR count). The number of unbranched alkanes of at least 4 members (excludes halogenated alkanes) is 22. The lowest BCUT2D eigenvalue weighted by Gasteiger charge is -2.41. The second-order valence-electron chi connectivity index (χ2n) is 16.6. The van der Waals surface area contributed by atoms with E-state index >= 15 is 0 Å². The Morgan fingerprint density at radius 2 is 0.950 bits per heavy atom. The molecule has 1 aliphatic carbocycles. The van der Waals surface area contributed by atoms with Gasteiger partial charge in [-0.05, 0) is 64.2 Å². The number of carbonyl (C=O) groups is 1. The summed E-state index contributed by atoms with van der Waals surface area (Å²) in [5.41, 5.74) is 0. The number of ether oxygens (including phenoxy) is 2. The third-order valence-corrected chi connectivity index (χ3v) is 12.0.